The summed E-state index contributed by atoms with van der Waals surface area (Å²) in [5.41, 5.74) is 11.1. The van der Waals surface area contributed by atoms with Gasteiger partial charge in [-0.2, -0.15) is 0 Å². The van der Waals surface area contributed by atoms with Crippen molar-refractivity contribution in [2.45, 2.75) is 38.0 Å². The van der Waals surface area contributed by atoms with Crippen molar-refractivity contribution in [3.63, 3.8) is 0 Å². The Kier molecular flexibility index (Phi) is 7.32. The normalized spacial score (nSPS) is 13.8. The van der Waals surface area contributed by atoms with Crippen molar-refractivity contribution in [1.82, 2.24) is 4.98 Å². The van der Waals surface area contributed by atoms with Gasteiger partial charge in [0.25, 0.3) is 0 Å². The molecule has 1 nitrogen and oxygen atoms in total. The van der Waals surface area contributed by atoms with Gasteiger partial charge in [0, 0.05) is 17.3 Å². The minimum atomic E-state index is 0.661. The molecule has 0 N–H and O–H groups in total. The summed E-state index contributed by atoms with van der Waals surface area (Å²) in [6.45, 7) is 0. The zero-order chi connectivity index (χ0) is 31.9. The number of hydrogen-bond donors (Lipinski definition) is 0. The molecule has 7 aromatic carbocycles. The molecular weight excluding hydrogens is 579 g/mol. The van der Waals surface area contributed by atoms with Crippen LogP contribution in [-0.4, -0.2) is 4.98 Å². The Morgan fingerprint density at radius 3 is 1.54 bits per heavy atom. The van der Waals surface area contributed by atoms with Crippen molar-refractivity contribution < 1.29 is 0 Å². The van der Waals surface area contributed by atoms with E-state index < -0.39 is 0 Å². The van der Waals surface area contributed by atoms with E-state index in [4.69, 9.17) is 4.98 Å². The number of nitrogens with zero attached hydrogens (tertiary/aromatic N) is 1. The first kappa shape index (κ1) is 28.7. The second-order valence-corrected chi connectivity index (χ2v) is 13.3. The standard InChI is InChI=1S/C47H37N/c1-3-13-33(14-4-1)37-28-29-44(39-18-8-7-17-38(37)39)47-42-21-11-9-19-40(42)46(41-20-10-12-22-43(41)47)35-25-23-32(24-26-35)36-27-30-45(48-31-36)34-15-5-2-6-16-34/h2,5-12,15-31,33H,1,3-4,13-14H2. The highest BCUT2D eigenvalue weighted by Gasteiger charge is 2.22. The van der Waals surface area contributed by atoms with Crippen molar-refractivity contribution in [1.29, 1.82) is 0 Å². The van der Waals surface area contributed by atoms with Crippen LogP contribution in [0.4, 0.5) is 0 Å². The lowest BCUT2D eigenvalue weighted by molar-refractivity contribution is 0.445. The fourth-order valence-electron chi connectivity index (χ4n) is 8.21. The average Bonchev–Trinajstić information content (AvgIpc) is 3.17. The maximum absolute atomic E-state index is 4.78. The first-order valence-electron chi connectivity index (χ1n) is 17.4. The van der Waals surface area contributed by atoms with Gasteiger partial charge in [0.1, 0.15) is 0 Å². The lowest BCUT2D eigenvalue weighted by Gasteiger charge is -2.25. The Labute approximate surface area is 282 Å². The smallest absolute Gasteiger partial charge is 0.0702 e. The van der Waals surface area contributed by atoms with Gasteiger partial charge in [0.05, 0.1) is 5.69 Å². The van der Waals surface area contributed by atoms with Crippen LogP contribution in [0.2, 0.25) is 0 Å². The largest absolute Gasteiger partial charge is 0.256 e. The van der Waals surface area contributed by atoms with E-state index in [1.165, 1.54) is 97.8 Å². The molecule has 0 atom stereocenters. The summed E-state index contributed by atoms with van der Waals surface area (Å²) in [7, 11) is 0. The second kappa shape index (κ2) is 12.2. The molecule has 0 spiro atoms. The van der Waals surface area contributed by atoms with Crippen molar-refractivity contribution in [3.05, 3.63) is 163 Å². The fraction of sp³-hybridized carbons (Fsp3) is 0.128. The molecule has 1 aliphatic carbocycles. The first-order valence-corrected chi connectivity index (χ1v) is 17.4. The summed E-state index contributed by atoms with van der Waals surface area (Å²) >= 11 is 0. The van der Waals surface area contributed by atoms with E-state index in [2.05, 4.69) is 146 Å². The SMILES string of the molecule is c1ccc(-c2ccc(-c3ccc(-c4c5ccccc5c(-c5ccc(C6CCCCC6)c6ccccc56)c5ccccc45)cc3)cn2)cc1. The van der Waals surface area contributed by atoms with Crippen LogP contribution in [0.5, 0.6) is 0 Å². The molecule has 1 fully saturated rings. The Morgan fingerprint density at radius 2 is 0.917 bits per heavy atom. The maximum Gasteiger partial charge on any atom is 0.0702 e. The highest BCUT2D eigenvalue weighted by molar-refractivity contribution is 6.23. The minimum Gasteiger partial charge on any atom is -0.256 e. The van der Waals surface area contributed by atoms with Gasteiger partial charge >= 0.3 is 0 Å². The van der Waals surface area contributed by atoms with E-state index in [0.29, 0.717) is 5.92 Å². The molecule has 0 amide bonds. The van der Waals surface area contributed by atoms with Gasteiger partial charge in [-0.1, -0.05) is 165 Å². The highest BCUT2D eigenvalue weighted by Crippen LogP contribution is 2.47. The van der Waals surface area contributed by atoms with Crippen molar-refractivity contribution in [3.8, 4) is 44.6 Å². The Bertz CT molecular complexity index is 2340. The number of aromatic nitrogens is 1. The zero-order valence-electron chi connectivity index (χ0n) is 27.1. The average molecular weight is 616 g/mol. The van der Waals surface area contributed by atoms with Crippen LogP contribution in [0, 0.1) is 0 Å². The molecule has 9 rings (SSSR count). The zero-order valence-corrected chi connectivity index (χ0v) is 27.1. The van der Waals surface area contributed by atoms with E-state index in [1.54, 1.807) is 0 Å². The predicted molar refractivity (Wildman–Crippen MR) is 204 cm³/mol. The maximum atomic E-state index is 4.78. The van der Waals surface area contributed by atoms with Crippen LogP contribution in [0.1, 0.15) is 43.6 Å². The van der Waals surface area contributed by atoms with Crippen LogP contribution in [0.3, 0.4) is 0 Å². The van der Waals surface area contributed by atoms with Crippen LogP contribution >= 0.6 is 0 Å². The third-order valence-corrected chi connectivity index (χ3v) is 10.5. The van der Waals surface area contributed by atoms with Crippen LogP contribution in [0.25, 0.3) is 77.0 Å². The molecule has 0 aliphatic heterocycles. The monoisotopic (exact) mass is 615 g/mol. The van der Waals surface area contributed by atoms with E-state index in [1.807, 2.05) is 12.3 Å². The van der Waals surface area contributed by atoms with Gasteiger partial charge in [-0.15, -0.1) is 0 Å². The van der Waals surface area contributed by atoms with Crippen LogP contribution < -0.4 is 0 Å². The summed E-state index contributed by atoms with van der Waals surface area (Å²) in [6.07, 6.45) is 8.65. The molecule has 48 heavy (non-hydrogen) atoms. The van der Waals surface area contributed by atoms with Gasteiger partial charge in [0.15, 0.2) is 0 Å². The van der Waals surface area contributed by atoms with Crippen LogP contribution in [0.15, 0.2) is 158 Å². The number of pyridine rings is 1. The van der Waals surface area contributed by atoms with E-state index in [0.717, 1.165) is 16.8 Å². The molecule has 1 heteroatoms. The molecule has 1 aliphatic rings. The molecule has 1 aromatic heterocycles. The lowest BCUT2D eigenvalue weighted by Crippen LogP contribution is -2.05. The summed E-state index contributed by atoms with van der Waals surface area (Å²) in [5.74, 6) is 0.661. The van der Waals surface area contributed by atoms with Gasteiger partial charge in [-0.05, 0) is 90.5 Å². The molecule has 230 valence electrons. The predicted octanol–water partition coefficient (Wildman–Crippen LogP) is 13.3. The van der Waals surface area contributed by atoms with Crippen LogP contribution in [-0.2, 0) is 0 Å². The lowest BCUT2D eigenvalue weighted by atomic mass is 9.79. The summed E-state index contributed by atoms with van der Waals surface area (Å²) in [5, 5.41) is 7.94. The van der Waals surface area contributed by atoms with Gasteiger partial charge in [0.2, 0.25) is 0 Å². The molecule has 1 heterocycles. The van der Waals surface area contributed by atoms with Crippen molar-refractivity contribution in [2.75, 3.05) is 0 Å². The topological polar surface area (TPSA) is 12.9 Å². The quantitative estimate of drug-likeness (QED) is 0.176. The Morgan fingerprint density at radius 1 is 0.375 bits per heavy atom. The summed E-state index contributed by atoms with van der Waals surface area (Å²) in [4.78, 5) is 4.78. The number of benzene rings is 7. The number of rotatable bonds is 5. The first-order chi connectivity index (χ1) is 23.8. The fourth-order valence-corrected chi connectivity index (χ4v) is 8.21. The molecule has 0 saturated heterocycles. The van der Waals surface area contributed by atoms with Crippen molar-refractivity contribution >= 4 is 32.3 Å². The molecule has 0 radical (unpaired) electrons. The van der Waals surface area contributed by atoms with Crippen molar-refractivity contribution in [2.24, 2.45) is 0 Å². The molecule has 8 aromatic rings. The van der Waals surface area contributed by atoms with Gasteiger partial charge in [-0.3, -0.25) is 4.98 Å². The number of hydrogen-bond acceptors (Lipinski definition) is 1. The summed E-state index contributed by atoms with van der Waals surface area (Å²) < 4.78 is 0. The Balaban J connectivity index is 1.18. The molecular formula is C47H37N. The summed E-state index contributed by atoms with van der Waals surface area (Å²) in [6, 6.07) is 55.7. The van der Waals surface area contributed by atoms with Gasteiger partial charge in [-0.25, -0.2) is 0 Å². The molecule has 0 unspecified atom stereocenters. The minimum absolute atomic E-state index is 0.661. The second-order valence-electron chi connectivity index (χ2n) is 13.3. The third kappa shape index (κ3) is 4.98. The molecule has 0 bridgehead atoms. The van der Waals surface area contributed by atoms with E-state index in [9.17, 15) is 0 Å². The van der Waals surface area contributed by atoms with E-state index >= 15 is 0 Å². The third-order valence-electron chi connectivity index (χ3n) is 10.5. The highest BCUT2D eigenvalue weighted by atomic mass is 14.7. The number of fused-ring (bicyclic) bond motifs is 3. The van der Waals surface area contributed by atoms with E-state index in [-0.39, 0.29) is 0 Å². The molecule has 1 saturated carbocycles. The van der Waals surface area contributed by atoms with Gasteiger partial charge < -0.3 is 0 Å². The Hall–Kier alpha value is -5.53.